The molecular formula is C13H26N4O. The van der Waals surface area contributed by atoms with E-state index in [1.165, 1.54) is 0 Å². The predicted octanol–water partition coefficient (Wildman–Crippen LogP) is 1.49. The molecule has 5 heteroatoms. The zero-order valence-corrected chi connectivity index (χ0v) is 12.2. The van der Waals surface area contributed by atoms with Crippen molar-refractivity contribution in [3.63, 3.8) is 0 Å². The van der Waals surface area contributed by atoms with E-state index in [9.17, 15) is 0 Å². The van der Waals surface area contributed by atoms with Crippen LogP contribution in [0.2, 0.25) is 0 Å². The fourth-order valence-corrected chi connectivity index (χ4v) is 2.02. The Labute approximate surface area is 110 Å². The van der Waals surface area contributed by atoms with E-state index in [1.54, 1.807) is 6.33 Å². The zero-order valence-electron chi connectivity index (χ0n) is 12.2. The van der Waals surface area contributed by atoms with Crippen LogP contribution in [-0.4, -0.2) is 40.6 Å². The van der Waals surface area contributed by atoms with Crippen molar-refractivity contribution in [3.05, 3.63) is 12.2 Å². The van der Waals surface area contributed by atoms with Gasteiger partial charge in [-0.3, -0.25) is 0 Å². The molecule has 0 spiro atoms. The molecule has 1 heterocycles. The lowest BCUT2D eigenvalue weighted by Gasteiger charge is -2.23. The summed E-state index contributed by atoms with van der Waals surface area (Å²) in [4.78, 5) is 4.36. The summed E-state index contributed by atoms with van der Waals surface area (Å²) >= 11 is 0. The van der Waals surface area contributed by atoms with Crippen LogP contribution in [0.4, 0.5) is 0 Å². The summed E-state index contributed by atoms with van der Waals surface area (Å²) in [5.41, 5.74) is 0. The molecule has 104 valence electrons. The van der Waals surface area contributed by atoms with Crippen LogP contribution in [0.25, 0.3) is 0 Å². The van der Waals surface area contributed by atoms with Gasteiger partial charge in [-0.05, 0) is 26.8 Å². The van der Waals surface area contributed by atoms with Gasteiger partial charge < -0.3 is 10.1 Å². The van der Waals surface area contributed by atoms with Crippen molar-refractivity contribution in [3.8, 4) is 0 Å². The molecule has 0 saturated carbocycles. The Morgan fingerprint density at radius 3 is 2.67 bits per heavy atom. The van der Waals surface area contributed by atoms with E-state index < -0.39 is 0 Å². The number of hydrogen-bond donors (Lipinski definition) is 1. The van der Waals surface area contributed by atoms with Crippen molar-refractivity contribution >= 4 is 0 Å². The van der Waals surface area contributed by atoms with E-state index in [-0.39, 0.29) is 12.1 Å². The van der Waals surface area contributed by atoms with Gasteiger partial charge in [0.15, 0.2) is 0 Å². The molecule has 1 rings (SSSR count). The Balaban J connectivity index is 2.66. The lowest BCUT2D eigenvalue weighted by molar-refractivity contribution is 0.0488. The van der Waals surface area contributed by atoms with Crippen LogP contribution < -0.4 is 5.32 Å². The van der Waals surface area contributed by atoms with Crippen molar-refractivity contribution in [2.75, 3.05) is 13.7 Å². The molecule has 2 unspecified atom stereocenters. The molecule has 1 N–H and O–H groups in total. The zero-order chi connectivity index (χ0) is 13.5. The Morgan fingerprint density at radius 2 is 2.11 bits per heavy atom. The molecule has 0 fully saturated rings. The highest BCUT2D eigenvalue weighted by atomic mass is 16.5. The SMILES string of the molecule is CCOC(C)C(Cc1ncnn1CC(C)C)NC. The summed E-state index contributed by atoms with van der Waals surface area (Å²) < 4.78 is 7.64. The van der Waals surface area contributed by atoms with Gasteiger partial charge in [0.2, 0.25) is 0 Å². The molecular weight excluding hydrogens is 228 g/mol. The number of nitrogens with one attached hydrogen (secondary N) is 1. The minimum Gasteiger partial charge on any atom is -0.377 e. The van der Waals surface area contributed by atoms with Gasteiger partial charge in [-0.25, -0.2) is 9.67 Å². The number of rotatable bonds is 8. The third kappa shape index (κ3) is 4.38. The summed E-state index contributed by atoms with van der Waals surface area (Å²) in [6.45, 7) is 10.1. The van der Waals surface area contributed by atoms with Crippen molar-refractivity contribution < 1.29 is 4.74 Å². The molecule has 0 amide bonds. The van der Waals surface area contributed by atoms with E-state index >= 15 is 0 Å². The minimum atomic E-state index is 0.171. The van der Waals surface area contributed by atoms with Gasteiger partial charge in [-0.2, -0.15) is 5.10 Å². The molecule has 0 radical (unpaired) electrons. The summed E-state index contributed by atoms with van der Waals surface area (Å²) in [5.74, 6) is 1.59. The van der Waals surface area contributed by atoms with Gasteiger partial charge in [0.25, 0.3) is 0 Å². The summed E-state index contributed by atoms with van der Waals surface area (Å²) in [5, 5.41) is 7.59. The van der Waals surface area contributed by atoms with E-state index in [4.69, 9.17) is 4.74 Å². The maximum atomic E-state index is 5.64. The molecule has 18 heavy (non-hydrogen) atoms. The van der Waals surface area contributed by atoms with E-state index in [1.807, 2.05) is 18.7 Å². The van der Waals surface area contributed by atoms with Crippen molar-refractivity contribution in [2.24, 2.45) is 5.92 Å². The normalized spacial score (nSPS) is 15.0. The van der Waals surface area contributed by atoms with Crippen LogP contribution in [0.3, 0.4) is 0 Å². The Bertz CT molecular complexity index is 337. The predicted molar refractivity (Wildman–Crippen MR) is 72.5 cm³/mol. The first-order valence-corrected chi connectivity index (χ1v) is 6.74. The van der Waals surface area contributed by atoms with Crippen LogP contribution in [0.5, 0.6) is 0 Å². The van der Waals surface area contributed by atoms with E-state index in [0.717, 1.165) is 25.4 Å². The fraction of sp³-hybridized carbons (Fsp3) is 0.846. The number of nitrogens with zero attached hydrogens (tertiary/aromatic N) is 3. The molecule has 5 nitrogen and oxygen atoms in total. The second-order valence-electron chi connectivity index (χ2n) is 5.01. The van der Waals surface area contributed by atoms with E-state index in [0.29, 0.717) is 5.92 Å². The lowest BCUT2D eigenvalue weighted by atomic mass is 10.1. The molecule has 0 saturated heterocycles. The number of ether oxygens (including phenoxy) is 1. The summed E-state index contributed by atoms with van der Waals surface area (Å²) in [6.07, 6.45) is 2.64. The van der Waals surface area contributed by atoms with Crippen molar-refractivity contribution in [2.45, 2.75) is 52.8 Å². The highest BCUT2D eigenvalue weighted by Crippen LogP contribution is 2.08. The van der Waals surface area contributed by atoms with Gasteiger partial charge in [0.1, 0.15) is 12.2 Å². The highest BCUT2D eigenvalue weighted by Gasteiger charge is 2.19. The standard InChI is InChI=1S/C13H26N4O/c1-6-18-11(4)12(14-5)7-13-15-9-16-17(13)8-10(2)3/h9-12,14H,6-8H2,1-5H3. The summed E-state index contributed by atoms with van der Waals surface area (Å²) in [7, 11) is 1.96. The van der Waals surface area contributed by atoms with Crippen molar-refractivity contribution in [1.29, 1.82) is 0 Å². The van der Waals surface area contributed by atoms with E-state index in [2.05, 4.69) is 36.2 Å². The van der Waals surface area contributed by atoms with Gasteiger partial charge in [-0.15, -0.1) is 0 Å². The van der Waals surface area contributed by atoms with Gasteiger partial charge in [-0.1, -0.05) is 13.8 Å². The first kappa shape index (κ1) is 15.1. The molecule has 0 bridgehead atoms. The summed E-state index contributed by atoms with van der Waals surface area (Å²) in [6, 6.07) is 0.264. The van der Waals surface area contributed by atoms with Gasteiger partial charge in [0.05, 0.1) is 6.10 Å². The second-order valence-corrected chi connectivity index (χ2v) is 5.01. The van der Waals surface area contributed by atoms with Gasteiger partial charge >= 0.3 is 0 Å². The maximum Gasteiger partial charge on any atom is 0.138 e. The average Bonchev–Trinajstić information content (AvgIpc) is 2.72. The number of hydrogen-bond acceptors (Lipinski definition) is 4. The number of likely N-dealkylation sites (N-methyl/N-ethyl adjacent to an activating group) is 1. The molecule has 0 aliphatic rings. The average molecular weight is 254 g/mol. The number of aromatic nitrogens is 3. The minimum absolute atomic E-state index is 0.171. The van der Waals surface area contributed by atoms with Crippen LogP contribution in [0.1, 0.15) is 33.5 Å². The second kappa shape index (κ2) is 7.48. The third-order valence-corrected chi connectivity index (χ3v) is 3.00. The first-order chi connectivity index (χ1) is 8.58. The molecule has 1 aromatic rings. The molecule has 0 aromatic carbocycles. The van der Waals surface area contributed by atoms with Crippen LogP contribution in [0.15, 0.2) is 6.33 Å². The third-order valence-electron chi connectivity index (χ3n) is 3.00. The highest BCUT2D eigenvalue weighted by molar-refractivity contribution is 4.92. The quantitative estimate of drug-likeness (QED) is 0.763. The molecule has 0 aliphatic heterocycles. The van der Waals surface area contributed by atoms with Gasteiger partial charge in [0, 0.05) is 25.6 Å². The van der Waals surface area contributed by atoms with Crippen molar-refractivity contribution in [1.82, 2.24) is 20.1 Å². The maximum absolute atomic E-state index is 5.64. The molecule has 0 aliphatic carbocycles. The fourth-order valence-electron chi connectivity index (χ4n) is 2.02. The van der Waals surface area contributed by atoms with Crippen LogP contribution in [-0.2, 0) is 17.7 Å². The largest absolute Gasteiger partial charge is 0.377 e. The first-order valence-electron chi connectivity index (χ1n) is 6.74. The molecule has 1 aromatic heterocycles. The monoisotopic (exact) mass is 254 g/mol. The van der Waals surface area contributed by atoms with Crippen LogP contribution in [0, 0.1) is 5.92 Å². The Hall–Kier alpha value is -0.940. The van der Waals surface area contributed by atoms with Crippen LogP contribution >= 0.6 is 0 Å². The molecule has 2 atom stereocenters. The smallest absolute Gasteiger partial charge is 0.138 e. The Morgan fingerprint density at radius 1 is 1.39 bits per heavy atom. The Kier molecular flexibility index (Phi) is 6.29. The topological polar surface area (TPSA) is 52.0 Å². The lowest BCUT2D eigenvalue weighted by Crippen LogP contribution is -2.40.